The molecule has 1 aromatic rings. The fraction of sp³-hybridized carbons (Fsp3) is 0.533. The van der Waals surface area contributed by atoms with Crippen LogP contribution in [0.25, 0.3) is 0 Å². The van der Waals surface area contributed by atoms with Crippen molar-refractivity contribution in [3.8, 4) is 11.5 Å². The average molecular weight is 281 g/mol. The second kappa shape index (κ2) is 6.61. The van der Waals surface area contributed by atoms with Crippen molar-refractivity contribution in [3.05, 3.63) is 23.8 Å². The first-order chi connectivity index (χ1) is 9.28. The van der Waals surface area contributed by atoms with E-state index in [4.69, 9.17) is 9.47 Å². The summed E-state index contributed by atoms with van der Waals surface area (Å²) < 4.78 is 10.6. The Bertz CT molecular complexity index is 465. The molecule has 5 heteroatoms. The van der Waals surface area contributed by atoms with E-state index in [0.717, 1.165) is 0 Å². The van der Waals surface area contributed by atoms with Gasteiger partial charge in [-0.3, -0.25) is 4.79 Å². The maximum atomic E-state index is 12.3. The van der Waals surface area contributed by atoms with Gasteiger partial charge in [0.05, 0.1) is 19.3 Å². The van der Waals surface area contributed by atoms with Crippen LogP contribution in [0.15, 0.2) is 18.2 Å². The van der Waals surface area contributed by atoms with Gasteiger partial charge in [-0.15, -0.1) is 0 Å². The lowest BCUT2D eigenvalue weighted by atomic mass is 10.1. The summed E-state index contributed by atoms with van der Waals surface area (Å²) >= 11 is 0. The Balaban J connectivity index is 2.93. The molecule has 0 bridgehead atoms. The molecule has 0 saturated carbocycles. The summed E-state index contributed by atoms with van der Waals surface area (Å²) in [6.45, 7) is 5.99. The predicted octanol–water partition coefficient (Wildman–Crippen LogP) is 1.94. The number of ether oxygens (including phenoxy) is 2. The van der Waals surface area contributed by atoms with Crippen molar-refractivity contribution in [1.29, 1.82) is 0 Å². The van der Waals surface area contributed by atoms with Gasteiger partial charge in [0.1, 0.15) is 0 Å². The molecule has 0 aliphatic rings. The second-order valence-corrected chi connectivity index (χ2v) is 5.27. The highest BCUT2D eigenvalue weighted by molar-refractivity contribution is 5.94. The van der Waals surface area contributed by atoms with Gasteiger partial charge in [0.15, 0.2) is 11.5 Å². The Morgan fingerprint density at radius 3 is 2.50 bits per heavy atom. The zero-order chi connectivity index (χ0) is 15.3. The van der Waals surface area contributed by atoms with Crippen LogP contribution >= 0.6 is 0 Å². The monoisotopic (exact) mass is 281 g/mol. The summed E-state index contributed by atoms with van der Waals surface area (Å²) in [4.78, 5) is 13.8. The van der Waals surface area contributed by atoms with Crippen LogP contribution in [0, 0.1) is 0 Å². The number of aliphatic hydroxyl groups is 1. The van der Waals surface area contributed by atoms with Gasteiger partial charge in [0, 0.05) is 19.2 Å². The first kappa shape index (κ1) is 16.3. The maximum absolute atomic E-state index is 12.3. The van der Waals surface area contributed by atoms with Gasteiger partial charge in [0.25, 0.3) is 5.91 Å². The van der Waals surface area contributed by atoms with Crippen LogP contribution in [0.3, 0.4) is 0 Å². The quantitative estimate of drug-likeness (QED) is 0.865. The number of methoxy groups -OCH3 is 1. The molecular formula is C15H23NO4. The second-order valence-electron chi connectivity index (χ2n) is 5.27. The highest BCUT2D eigenvalue weighted by atomic mass is 16.5. The van der Waals surface area contributed by atoms with Gasteiger partial charge in [0.2, 0.25) is 0 Å². The topological polar surface area (TPSA) is 59.0 Å². The van der Waals surface area contributed by atoms with Crippen LogP contribution in [0.1, 0.15) is 31.1 Å². The van der Waals surface area contributed by atoms with Crippen LogP contribution in [-0.2, 0) is 0 Å². The third-order valence-corrected chi connectivity index (χ3v) is 2.68. The van der Waals surface area contributed by atoms with E-state index in [2.05, 4.69) is 0 Å². The molecule has 0 fully saturated rings. The molecule has 1 amide bonds. The largest absolute Gasteiger partial charge is 0.493 e. The summed E-state index contributed by atoms with van der Waals surface area (Å²) in [6.07, 6.45) is 0. The highest BCUT2D eigenvalue weighted by Crippen LogP contribution is 2.28. The standard InChI is InChI=1S/C15H23NO4/c1-6-20-12-8-7-11(9-13(12)19-5)14(17)16(4)10-15(2,3)18/h7-9,18H,6,10H2,1-5H3. The summed E-state index contributed by atoms with van der Waals surface area (Å²) in [7, 11) is 3.19. The van der Waals surface area contributed by atoms with Crippen LogP contribution in [0.4, 0.5) is 0 Å². The van der Waals surface area contributed by atoms with Gasteiger partial charge in [-0.05, 0) is 39.0 Å². The number of benzene rings is 1. The minimum atomic E-state index is -0.931. The lowest BCUT2D eigenvalue weighted by molar-refractivity contribution is 0.0367. The fourth-order valence-corrected chi connectivity index (χ4v) is 1.95. The van der Waals surface area contributed by atoms with Crippen molar-refractivity contribution < 1.29 is 19.4 Å². The fourth-order valence-electron chi connectivity index (χ4n) is 1.95. The zero-order valence-corrected chi connectivity index (χ0v) is 12.8. The predicted molar refractivity (Wildman–Crippen MR) is 77.4 cm³/mol. The molecule has 0 atom stereocenters. The molecule has 0 aliphatic heterocycles. The van der Waals surface area contributed by atoms with Crippen LogP contribution < -0.4 is 9.47 Å². The first-order valence-corrected chi connectivity index (χ1v) is 6.57. The Kier molecular flexibility index (Phi) is 5.39. The number of likely N-dealkylation sites (N-methyl/N-ethyl adjacent to an activating group) is 1. The van der Waals surface area contributed by atoms with E-state index in [1.807, 2.05) is 6.92 Å². The molecule has 0 spiro atoms. The van der Waals surface area contributed by atoms with Gasteiger partial charge in [-0.2, -0.15) is 0 Å². The van der Waals surface area contributed by atoms with Crippen LogP contribution in [0.2, 0.25) is 0 Å². The summed E-state index contributed by atoms with van der Waals surface area (Å²) in [5, 5.41) is 9.76. The lowest BCUT2D eigenvalue weighted by Crippen LogP contribution is -2.39. The van der Waals surface area contributed by atoms with E-state index >= 15 is 0 Å². The normalized spacial score (nSPS) is 11.1. The third kappa shape index (κ3) is 4.42. The molecule has 112 valence electrons. The summed E-state index contributed by atoms with van der Waals surface area (Å²) in [5.74, 6) is 0.958. The van der Waals surface area contributed by atoms with Crippen LogP contribution in [0.5, 0.6) is 11.5 Å². The highest BCUT2D eigenvalue weighted by Gasteiger charge is 2.21. The van der Waals surface area contributed by atoms with Crippen molar-refractivity contribution in [2.45, 2.75) is 26.4 Å². The van der Waals surface area contributed by atoms with Crippen LogP contribution in [-0.4, -0.2) is 48.8 Å². The number of carbonyl (C=O) groups excluding carboxylic acids is 1. The summed E-state index contributed by atoms with van der Waals surface area (Å²) in [5.41, 5.74) is -0.434. The van der Waals surface area contributed by atoms with Crippen molar-refractivity contribution in [3.63, 3.8) is 0 Å². The van der Waals surface area contributed by atoms with Crippen molar-refractivity contribution >= 4 is 5.91 Å². The Morgan fingerprint density at radius 2 is 2.00 bits per heavy atom. The molecule has 0 unspecified atom stereocenters. The molecule has 0 radical (unpaired) electrons. The van der Waals surface area contributed by atoms with E-state index in [9.17, 15) is 9.90 Å². The van der Waals surface area contributed by atoms with Gasteiger partial charge >= 0.3 is 0 Å². The molecule has 0 aliphatic carbocycles. The lowest BCUT2D eigenvalue weighted by Gasteiger charge is -2.25. The molecule has 5 nitrogen and oxygen atoms in total. The molecule has 1 rings (SSSR count). The van der Waals surface area contributed by atoms with Gasteiger partial charge in [-0.25, -0.2) is 0 Å². The van der Waals surface area contributed by atoms with Crippen molar-refractivity contribution in [2.75, 3.05) is 27.3 Å². The molecule has 0 heterocycles. The van der Waals surface area contributed by atoms with Crippen molar-refractivity contribution in [2.24, 2.45) is 0 Å². The van der Waals surface area contributed by atoms with E-state index in [1.54, 1.807) is 39.1 Å². The minimum absolute atomic E-state index is 0.173. The van der Waals surface area contributed by atoms with E-state index in [-0.39, 0.29) is 12.5 Å². The maximum Gasteiger partial charge on any atom is 0.253 e. The third-order valence-electron chi connectivity index (χ3n) is 2.68. The minimum Gasteiger partial charge on any atom is -0.493 e. The van der Waals surface area contributed by atoms with Gasteiger partial charge < -0.3 is 19.5 Å². The summed E-state index contributed by atoms with van der Waals surface area (Å²) in [6, 6.07) is 5.05. The molecule has 1 N–H and O–H groups in total. The van der Waals surface area contributed by atoms with Gasteiger partial charge in [-0.1, -0.05) is 0 Å². The van der Waals surface area contributed by atoms with Crippen molar-refractivity contribution in [1.82, 2.24) is 4.90 Å². The Hall–Kier alpha value is -1.75. The number of amides is 1. The zero-order valence-electron chi connectivity index (χ0n) is 12.8. The van der Waals surface area contributed by atoms with E-state index < -0.39 is 5.60 Å². The Morgan fingerprint density at radius 1 is 1.35 bits per heavy atom. The first-order valence-electron chi connectivity index (χ1n) is 6.57. The molecule has 0 saturated heterocycles. The smallest absolute Gasteiger partial charge is 0.253 e. The molecule has 20 heavy (non-hydrogen) atoms. The van der Waals surface area contributed by atoms with E-state index in [1.165, 1.54) is 12.0 Å². The number of nitrogens with zero attached hydrogens (tertiary/aromatic N) is 1. The molecular weight excluding hydrogens is 258 g/mol. The Labute approximate surface area is 120 Å². The molecule has 1 aromatic carbocycles. The number of hydrogen-bond acceptors (Lipinski definition) is 4. The van der Waals surface area contributed by atoms with E-state index in [0.29, 0.717) is 23.7 Å². The number of hydrogen-bond donors (Lipinski definition) is 1. The average Bonchev–Trinajstić information content (AvgIpc) is 2.36. The SMILES string of the molecule is CCOc1ccc(C(=O)N(C)CC(C)(C)O)cc1OC. The molecule has 0 aromatic heterocycles. The number of rotatable bonds is 6. The number of carbonyl (C=O) groups is 1.